The normalized spacial score (nSPS) is 16.2. The van der Waals surface area contributed by atoms with Crippen molar-refractivity contribution in [2.24, 2.45) is 5.92 Å². The number of nitrogens with one attached hydrogen (secondary N) is 1. The second-order valence-electron chi connectivity index (χ2n) is 7.79. The molecular formula is C20H19F3N6O. The van der Waals surface area contributed by atoms with E-state index in [1.807, 2.05) is 11.3 Å². The quantitative estimate of drug-likeness (QED) is 0.706. The third-order valence-electron chi connectivity index (χ3n) is 5.57. The number of benzene rings is 1. The third-order valence-corrected chi connectivity index (χ3v) is 5.57. The molecule has 7 nitrogen and oxygen atoms in total. The maximum absolute atomic E-state index is 13.0. The summed E-state index contributed by atoms with van der Waals surface area (Å²) in [7, 11) is 0. The summed E-state index contributed by atoms with van der Waals surface area (Å²) in [6.45, 7) is 2.85. The second-order valence-corrected chi connectivity index (χ2v) is 7.79. The van der Waals surface area contributed by atoms with Crippen LogP contribution in [0.15, 0.2) is 24.3 Å². The van der Waals surface area contributed by atoms with Crippen LogP contribution in [0.4, 0.5) is 19.0 Å². The Balaban J connectivity index is 1.46. The number of nitrogens with zero attached hydrogens (tertiary/aromatic N) is 5. The molecule has 0 atom stereocenters. The number of fused-ring (bicyclic) bond motifs is 3. The van der Waals surface area contributed by atoms with Crippen LogP contribution < -0.4 is 5.32 Å². The predicted octanol–water partition coefficient (Wildman–Crippen LogP) is 3.32. The zero-order valence-corrected chi connectivity index (χ0v) is 16.2. The average molecular weight is 416 g/mol. The van der Waals surface area contributed by atoms with Crippen LogP contribution in [0.3, 0.4) is 0 Å². The first-order chi connectivity index (χ1) is 14.3. The maximum Gasteiger partial charge on any atom is 0.416 e. The Hall–Kier alpha value is -3.17. The Morgan fingerprint density at radius 1 is 1.23 bits per heavy atom. The van der Waals surface area contributed by atoms with Gasteiger partial charge in [-0.15, -0.1) is 10.2 Å². The number of anilines is 1. The van der Waals surface area contributed by atoms with Crippen molar-refractivity contribution in [1.82, 2.24) is 24.5 Å². The van der Waals surface area contributed by atoms with Gasteiger partial charge in [-0.3, -0.25) is 9.20 Å². The highest BCUT2D eigenvalue weighted by molar-refractivity contribution is 5.82. The van der Waals surface area contributed by atoms with Crippen molar-refractivity contribution in [3.8, 4) is 0 Å². The number of hydrogen-bond donors (Lipinski definition) is 1. The monoisotopic (exact) mass is 416 g/mol. The first-order valence-corrected chi connectivity index (χ1v) is 9.73. The highest BCUT2D eigenvalue weighted by Gasteiger charge is 2.38. The Kier molecular flexibility index (Phi) is 4.19. The molecule has 0 unspecified atom stereocenters. The van der Waals surface area contributed by atoms with Crippen LogP contribution in [-0.4, -0.2) is 30.4 Å². The van der Waals surface area contributed by atoms with Gasteiger partial charge in [0, 0.05) is 18.0 Å². The summed E-state index contributed by atoms with van der Waals surface area (Å²) in [6.07, 6.45) is -2.55. The van der Waals surface area contributed by atoms with Crippen molar-refractivity contribution < 1.29 is 18.0 Å². The minimum absolute atomic E-state index is 0.103. The predicted molar refractivity (Wildman–Crippen MR) is 101 cm³/mol. The molecule has 2 aliphatic rings. The fraction of sp³-hybridized carbons (Fsp3) is 0.400. The molecule has 5 rings (SSSR count). The standard InChI is InChI=1S/C20H19F3N6O/c1-11-26-27-19-25-17(24-8-12-3-2-4-14(7-12)20(21,22)23)15-9-28(10-16(15)29(11)19)18(30)13-5-6-13/h2-4,7,13H,5-6,8-10H2,1H3,(H,24,25,27). The van der Waals surface area contributed by atoms with Crippen LogP contribution >= 0.6 is 0 Å². The lowest BCUT2D eigenvalue weighted by Gasteiger charge is -2.14. The highest BCUT2D eigenvalue weighted by atomic mass is 19.4. The van der Waals surface area contributed by atoms with Gasteiger partial charge in [0.1, 0.15) is 11.6 Å². The molecule has 1 N–H and O–H groups in total. The van der Waals surface area contributed by atoms with Crippen molar-refractivity contribution >= 4 is 17.5 Å². The van der Waals surface area contributed by atoms with Crippen molar-refractivity contribution in [3.05, 3.63) is 52.5 Å². The first kappa shape index (κ1) is 18.8. The van der Waals surface area contributed by atoms with Crippen molar-refractivity contribution in [2.45, 2.75) is 45.6 Å². The van der Waals surface area contributed by atoms with E-state index < -0.39 is 11.7 Å². The zero-order valence-electron chi connectivity index (χ0n) is 16.2. The molecule has 0 bridgehead atoms. The summed E-state index contributed by atoms with van der Waals surface area (Å²) in [4.78, 5) is 18.9. The van der Waals surface area contributed by atoms with Crippen LogP contribution in [0.25, 0.3) is 5.78 Å². The van der Waals surface area contributed by atoms with E-state index in [1.54, 1.807) is 11.0 Å². The fourth-order valence-corrected chi connectivity index (χ4v) is 3.87. The van der Waals surface area contributed by atoms with Crippen molar-refractivity contribution in [1.29, 1.82) is 0 Å². The Bertz CT molecular complexity index is 1150. The summed E-state index contributed by atoms with van der Waals surface area (Å²) in [6, 6.07) is 5.19. The summed E-state index contributed by atoms with van der Waals surface area (Å²) in [5.74, 6) is 1.84. The van der Waals surface area contributed by atoms with Crippen molar-refractivity contribution in [2.75, 3.05) is 5.32 Å². The lowest BCUT2D eigenvalue weighted by atomic mass is 10.1. The van der Waals surface area contributed by atoms with Gasteiger partial charge in [-0.05, 0) is 37.5 Å². The smallest absolute Gasteiger partial charge is 0.366 e. The number of rotatable bonds is 4. The lowest BCUT2D eigenvalue weighted by Crippen LogP contribution is -2.26. The summed E-state index contributed by atoms with van der Waals surface area (Å²) in [5, 5.41) is 11.3. The molecule has 1 fully saturated rings. The molecule has 1 amide bonds. The first-order valence-electron chi connectivity index (χ1n) is 9.73. The van der Waals surface area contributed by atoms with E-state index in [0.29, 0.717) is 36.1 Å². The van der Waals surface area contributed by atoms with Crippen LogP contribution in [0.2, 0.25) is 0 Å². The number of aromatic nitrogens is 4. The summed E-state index contributed by atoms with van der Waals surface area (Å²) in [5.41, 5.74) is 1.54. The highest BCUT2D eigenvalue weighted by Crippen LogP contribution is 2.36. The molecule has 0 spiro atoms. The van der Waals surface area contributed by atoms with E-state index in [1.165, 1.54) is 6.07 Å². The molecule has 1 aromatic carbocycles. The summed E-state index contributed by atoms with van der Waals surface area (Å²) < 4.78 is 40.8. The molecule has 30 heavy (non-hydrogen) atoms. The van der Waals surface area contributed by atoms with Crippen molar-refractivity contribution in [3.63, 3.8) is 0 Å². The average Bonchev–Trinajstić information content (AvgIpc) is 3.36. The minimum Gasteiger partial charge on any atom is -0.366 e. The van der Waals surface area contributed by atoms with Gasteiger partial charge in [0.15, 0.2) is 0 Å². The number of hydrogen-bond acceptors (Lipinski definition) is 5. The van der Waals surface area contributed by atoms with E-state index in [0.717, 1.165) is 36.2 Å². The topological polar surface area (TPSA) is 75.4 Å². The van der Waals surface area contributed by atoms with Gasteiger partial charge in [-0.1, -0.05) is 12.1 Å². The molecule has 1 aliphatic carbocycles. The molecular weight excluding hydrogens is 397 g/mol. The molecule has 156 valence electrons. The molecule has 2 aromatic heterocycles. The second kappa shape index (κ2) is 6.68. The largest absolute Gasteiger partial charge is 0.416 e. The van der Waals surface area contributed by atoms with Gasteiger partial charge in [-0.2, -0.15) is 18.2 Å². The van der Waals surface area contributed by atoms with E-state index >= 15 is 0 Å². The molecule has 0 radical (unpaired) electrons. The van der Waals surface area contributed by atoms with Gasteiger partial charge >= 0.3 is 6.18 Å². The van der Waals surface area contributed by atoms with Crippen LogP contribution in [0, 0.1) is 12.8 Å². The van der Waals surface area contributed by atoms with Gasteiger partial charge < -0.3 is 10.2 Å². The number of alkyl halides is 3. The van der Waals surface area contributed by atoms with Crippen LogP contribution in [-0.2, 0) is 30.6 Å². The van der Waals surface area contributed by atoms with E-state index in [9.17, 15) is 18.0 Å². The van der Waals surface area contributed by atoms with E-state index in [-0.39, 0.29) is 18.4 Å². The van der Waals surface area contributed by atoms with E-state index in [4.69, 9.17) is 0 Å². The maximum atomic E-state index is 13.0. The Morgan fingerprint density at radius 3 is 2.77 bits per heavy atom. The molecule has 10 heteroatoms. The van der Waals surface area contributed by atoms with Gasteiger partial charge in [0.05, 0.1) is 24.3 Å². The number of amides is 1. The molecule has 0 saturated heterocycles. The fourth-order valence-electron chi connectivity index (χ4n) is 3.87. The molecule has 1 saturated carbocycles. The van der Waals surface area contributed by atoms with Gasteiger partial charge in [0.25, 0.3) is 5.78 Å². The number of carbonyl (C=O) groups is 1. The lowest BCUT2D eigenvalue weighted by molar-refractivity contribution is -0.137. The van der Waals surface area contributed by atoms with Gasteiger partial charge in [0.2, 0.25) is 5.91 Å². The zero-order chi connectivity index (χ0) is 21.0. The van der Waals surface area contributed by atoms with Crippen LogP contribution in [0.1, 0.15) is 41.1 Å². The molecule has 3 aromatic rings. The Labute approximate surface area is 169 Å². The minimum atomic E-state index is -4.39. The number of carbonyl (C=O) groups excluding carboxylic acids is 1. The summed E-state index contributed by atoms with van der Waals surface area (Å²) >= 11 is 0. The SMILES string of the molecule is Cc1nnc2nc(NCc3cccc(C(F)(F)F)c3)c3c(n12)CN(C(=O)C1CC1)C3. The van der Waals surface area contributed by atoms with Gasteiger partial charge in [-0.25, -0.2) is 0 Å². The molecule has 1 aliphatic heterocycles. The number of aryl methyl sites for hydroxylation is 1. The van der Waals surface area contributed by atoms with E-state index in [2.05, 4.69) is 20.5 Å². The number of halogens is 3. The Morgan fingerprint density at radius 2 is 2.03 bits per heavy atom. The third kappa shape index (κ3) is 3.25. The van der Waals surface area contributed by atoms with Crippen LogP contribution in [0.5, 0.6) is 0 Å². The molecule has 3 heterocycles.